The first kappa shape index (κ1) is 14.2. The first-order valence-corrected chi connectivity index (χ1v) is 9.25. The first-order chi connectivity index (χ1) is 9.56. The van der Waals surface area contributed by atoms with Gasteiger partial charge >= 0.3 is 0 Å². The van der Waals surface area contributed by atoms with Gasteiger partial charge in [-0.05, 0) is 38.5 Å². The predicted octanol–water partition coefficient (Wildman–Crippen LogP) is 2.44. The average molecular weight is 319 g/mol. The number of halogens is 1. The summed E-state index contributed by atoms with van der Waals surface area (Å²) >= 11 is 6.25. The summed E-state index contributed by atoms with van der Waals surface area (Å²) in [5.74, 6) is 0.857. The summed E-state index contributed by atoms with van der Waals surface area (Å²) in [5, 5.41) is 4.24. The number of aromatic nitrogens is 2. The molecule has 0 amide bonds. The molecule has 1 aliphatic carbocycles. The van der Waals surface area contributed by atoms with E-state index in [9.17, 15) is 8.42 Å². The van der Waals surface area contributed by atoms with Crippen molar-refractivity contribution >= 4 is 21.4 Å². The van der Waals surface area contributed by atoms with Gasteiger partial charge in [-0.25, -0.2) is 13.1 Å². The maximum Gasteiger partial charge on any atom is 0.176 e. The van der Waals surface area contributed by atoms with Gasteiger partial charge in [-0.1, -0.05) is 11.6 Å². The van der Waals surface area contributed by atoms with Crippen LogP contribution in [0.25, 0.3) is 0 Å². The van der Waals surface area contributed by atoms with E-state index in [1.54, 1.807) is 10.9 Å². The Morgan fingerprint density at radius 1 is 1.30 bits per heavy atom. The van der Waals surface area contributed by atoms with Gasteiger partial charge in [0.25, 0.3) is 0 Å². The maximum atomic E-state index is 11.8. The fraction of sp³-hybridized carbons (Fsp3) is 0.769. The molecule has 2 heterocycles. The Morgan fingerprint density at radius 3 is 2.70 bits per heavy atom. The Hall–Kier alpha value is -0.750. The van der Waals surface area contributed by atoms with E-state index in [-0.39, 0.29) is 17.1 Å². The van der Waals surface area contributed by atoms with Crippen LogP contribution >= 0.6 is 11.6 Å². The van der Waals surface area contributed by atoms with E-state index in [0.29, 0.717) is 23.9 Å². The van der Waals surface area contributed by atoms with Gasteiger partial charge in [-0.2, -0.15) is 5.10 Å². The van der Waals surface area contributed by atoms with Crippen molar-refractivity contribution in [3.63, 3.8) is 0 Å². The number of nitrogens with zero attached hydrogens (tertiary/aromatic N) is 2. The van der Waals surface area contributed by atoms with E-state index >= 15 is 0 Å². The Balaban J connectivity index is 1.70. The van der Waals surface area contributed by atoms with Gasteiger partial charge in [0.05, 0.1) is 29.8 Å². The van der Waals surface area contributed by atoms with Crippen molar-refractivity contribution in [2.24, 2.45) is 0 Å². The minimum atomic E-state index is -2.98. The zero-order valence-corrected chi connectivity index (χ0v) is 12.9. The third kappa shape index (κ3) is 2.81. The van der Waals surface area contributed by atoms with Crippen LogP contribution in [0, 0.1) is 0 Å². The summed E-state index contributed by atoms with van der Waals surface area (Å²) in [5.41, 5.74) is 0. The normalized spacial score (nSPS) is 26.1. The van der Waals surface area contributed by atoms with E-state index in [4.69, 9.17) is 16.3 Å². The molecular formula is C13H19ClN2O3S. The number of sulfone groups is 1. The van der Waals surface area contributed by atoms with Crippen molar-refractivity contribution < 1.29 is 13.2 Å². The highest BCUT2D eigenvalue weighted by molar-refractivity contribution is 7.92. The predicted molar refractivity (Wildman–Crippen MR) is 76.9 cm³/mol. The lowest BCUT2D eigenvalue weighted by atomic mass is 10.2. The fourth-order valence-electron chi connectivity index (χ4n) is 3.00. The molecule has 1 aromatic rings. The van der Waals surface area contributed by atoms with Crippen molar-refractivity contribution in [3.8, 4) is 5.75 Å². The van der Waals surface area contributed by atoms with E-state index in [1.807, 2.05) is 0 Å². The van der Waals surface area contributed by atoms with E-state index in [2.05, 4.69) is 5.10 Å². The van der Waals surface area contributed by atoms with E-state index < -0.39 is 9.84 Å². The molecule has 20 heavy (non-hydrogen) atoms. The van der Waals surface area contributed by atoms with Gasteiger partial charge in [-0.15, -0.1) is 0 Å². The Morgan fingerprint density at radius 2 is 2.05 bits per heavy atom. The second-order valence-electron chi connectivity index (χ2n) is 5.64. The highest BCUT2D eigenvalue weighted by Crippen LogP contribution is 2.31. The van der Waals surface area contributed by atoms with Gasteiger partial charge in [0.15, 0.2) is 20.7 Å². The van der Waals surface area contributed by atoms with Crippen LogP contribution in [-0.4, -0.2) is 35.3 Å². The molecule has 0 aromatic carbocycles. The van der Waals surface area contributed by atoms with Crippen LogP contribution in [0.4, 0.5) is 0 Å². The Labute approximate surface area is 124 Å². The van der Waals surface area contributed by atoms with E-state index in [0.717, 1.165) is 19.3 Å². The molecule has 1 saturated carbocycles. The second-order valence-corrected chi connectivity index (χ2v) is 8.40. The summed E-state index contributed by atoms with van der Waals surface area (Å²) in [4.78, 5) is 0. The van der Waals surface area contributed by atoms with Gasteiger partial charge in [0.1, 0.15) is 0 Å². The summed E-state index contributed by atoms with van der Waals surface area (Å²) in [6.07, 6.45) is 7.74. The van der Waals surface area contributed by atoms with Crippen LogP contribution in [0.1, 0.15) is 38.5 Å². The number of hydrogen-bond acceptors (Lipinski definition) is 4. The Kier molecular flexibility index (Phi) is 3.95. The molecule has 2 fully saturated rings. The zero-order chi connectivity index (χ0) is 14.2. The van der Waals surface area contributed by atoms with Crippen molar-refractivity contribution in [2.45, 2.75) is 56.4 Å². The largest absolute Gasteiger partial charge is 0.486 e. The quantitative estimate of drug-likeness (QED) is 0.855. The third-order valence-corrected chi connectivity index (χ3v) is 6.82. The fourth-order valence-corrected chi connectivity index (χ4v) is 5.00. The van der Waals surface area contributed by atoms with Crippen LogP contribution in [0.2, 0.25) is 5.15 Å². The standard InChI is InChI=1S/C13H19ClN2O3S/c14-13-12(19-10-4-1-2-5-10)8-15-16(13)9-11-6-3-7-20(11,17)18/h8,10-11H,1-7,9H2. The minimum Gasteiger partial charge on any atom is -0.486 e. The lowest BCUT2D eigenvalue weighted by molar-refractivity contribution is 0.210. The first-order valence-electron chi connectivity index (χ1n) is 7.16. The molecule has 112 valence electrons. The van der Waals surface area contributed by atoms with Gasteiger partial charge < -0.3 is 4.74 Å². The lowest BCUT2D eigenvalue weighted by Gasteiger charge is -2.13. The number of ether oxygens (including phenoxy) is 1. The molecule has 5 nitrogen and oxygen atoms in total. The van der Waals surface area contributed by atoms with Gasteiger partial charge in [0, 0.05) is 0 Å². The molecular weight excluding hydrogens is 300 g/mol. The molecule has 1 atom stereocenters. The molecule has 2 aliphatic rings. The van der Waals surface area contributed by atoms with E-state index in [1.165, 1.54) is 12.8 Å². The summed E-state index contributed by atoms with van der Waals surface area (Å²) in [7, 11) is -2.98. The minimum absolute atomic E-state index is 0.223. The highest BCUT2D eigenvalue weighted by Gasteiger charge is 2.32. The zero-order valence-electron chi connectivity index (χ0n) is 11.3. The van der Waals surface area contributed by atoms with Crippen molar-refractivity contribution in [2.75, 3.05) is 5.75 Å². The van der Waals surface area contributed by atoms with Crippen molar-refractivity contribution in [3.05, 3.63) is 11.3 Å². The Bertz CT molecular complexity index is 578. The molecule has 0 radical (unpaired) electrons. The third-order valence-electron chi connectivity index (χ3n) is 4.18. The van der Waals surface area contributed by atoms with Crippen LogP contribution in [0.3, 0.4) is 0 Å². The number of rotatable bonds is 4. The SMILES string of the molecule is O=S1(=O)CCCC1Cn1ncc(OC2CCCC2)c1Cl. The smallest absolute Gasteiger partial charge is 0.176 e. The van der Waals surface area contributed by atoms with Crippen LogP contribution in [-0.2, 0) is 16.4 Å². The monoisotopic (exact) mass is 318 g/mol. The average Bonchev–Trinajstić information content (AvgIpc) is 3.08. The van der Waals surface area contributed by atoms with Crippen LogP contribution in [0.5, 0.6) is 5.75 Å². The molecule has 0 spiro atoms. The van der Waals surface area contributed by atoms with Gasteiger partial charge in [0.2, 0.25) is 0 Å². The van der Waals surface area contributed by atoms with Crippen molar-refractivity contribution in [1.29, 1.82) is 0 Å². The molecule has 0 N–H and O–H groups in total. The molecule has 1 aliphatic heterocycles. The van der Waals surface area contributed by atoms with Crippen molar-refractivity contribution in [1.82, 2.24) is 9.78 Å². The molecule has 1 saturated heterocycles. The lowest BCUT2D eigenvalue weighted by Crippen LogP contribution is -2.23. The topological polar surface area (TPSA) is 61.2 Å². The molecule has 1 unspecified atom stereocenters. The molecule has 3 rings (SSSR count). The molecule has 7 heteroatoms. The highest BCUT2D eigenvalue weighted by atomic mass is 35.5. The van der Waals surface area contributed by atoms with Crippen LogP contribution < -0.4 is 4.74 Å². The molecule has 0 bridgehead atoms. The van der Waals surface area contributed by atoms with Gasteiger partial charge in [-0.3, -0.25) is 0 Å². The second kappa shape index (κ2) is 5.56. The molecule has 1 aromatic heterocycles. The summed E-state index contributed by atoms with van der Waals surface area (Å²) in [6.45, 7) is 0.329. The summed E-state index contributed by atoms with van der Waals surface area (Å²) < 4.78 is 31.1. The summed E-state index contributed by atoms with van der Waals surface area (Å²) in [6, 6.07) is 0. The van der Waals surface area contributed by atoms with Crippen LogP contribution in [0.15, 0.2) is 6.20 Å². The number of hydrogen-bond donors (Lipinski definition) is 0. The maximum absolute atomic E-state index is 11.8.